The summed E-state index contributed by atoms with van der Waals surface area (Å²) in [5, 5.41) is 19.1. The number of allylic oxidation sites excluding steroid dienone is 2. The number of Topliss-reactive ketones (excluding diaryl/α,β-unsaturated/α-hetero) is 1. The Morgan fingerprint density at radius 3 is 2.51 bits per heavy atom. The van der Waals surface area contributed by atoms with Crippen LogP contribution in [0.3, 0.4) is 0 Å². The topological polar surface area (TPSA) is 95.5 Å². The average Bonchev–Trinajstić information content (AvgIpc) is 2.88. The summed E-state index contributed by atoms with van der Waals surface area (Å²) in [6.07, 6.45) is 3.30. The van der Waals surface area contributed by atoms with E-state index in [9.17, 15) is 10.1 Å². The second-order valence-corrected chi connectivity index (χ2v) is 10.4. The Morgan fingerprint density at radius 1 is 1.11 bits per heavy atom. The summed E-state index contributed by atoms with van der Waals surface area (Å²) < 4.78 is 12.8. The largest absolute Gasteiger partial charge is 0.490 e. The van der Waals surface area contributed by atoms with Crippen molar-refractivity contribution in [2.45, 2.75) is 59.0 Å². The Bertz CT molecular complexity index is 1330. The molecule has 0 N–H and O–H groups in total. The minimum absolute atomic E-state index is 0.0939. The smallest absolute Gasteiger partial charge is 0.175 e. The standard InChI is InChI=1S/C30H30BrN3O3/c1-4-6-21-11-25-29(26(35)12-21)28(23(16-33)18(3)34-25)22-13-24(31)30(27(14-22)36-5-2)37-17-20-9-7-19(15-32)8-10-20/h7-10,13-14,21,23,28H,4-6,11-12,17H2,1-3H3. The molecule has 6 nitrogen and oxygen atoms in total. The van der Waals surface area contributed by atoms with Gasteiger partial charge in [0, 0.05) is 29.3 Å². The minimum Gasteiger partial charge on any atom is -0.490 e. The number of halogens is 1. The van der Waals surface area contributed by atoms with E-state index in [2.05, 4.69) is 35.0 Å². The third-order valence-electron chi connectivity index (χ3n) is 6.97. The van der Waals surface area contributed by atoms with Crippen LogP contribution in [0.4, 0.5) is 0 Å². The normalized spacial score (nSPS) is 21.0. The number of hydrogen-bond acceptors (Lipinski definition) is 6. The zero-order valence-electron chi connectivity index (χ0n) is 21.4. The average molecular weight is 560 g/mol. The highest BCUT2D eigenvalue weighted by molar-refractivity contribution is 9.10. The molecule has 0 spiro atoms. The first kappa shape index (κ1) is 26.6. The highest BCUT2D eigenvalue weighted by Gasteiger charge is 2.41. The van der Waals surface area contributed by atoms with Crippen molar-refractivity contribution >= 4 is 27.4 Å². The molecular weight excluding hydrogens is 530 g/mol. The third-order valence-corrected chi connectivity index (χ3v) is 7.56. The molecule has 0 saturated heterocycles. The van der Waals surface area contributed by atoms with E-state index in [1.807, 2.05) is 38.1 Å². The fraction of sp³-hybridized carbons (Fsp3) is 0.400. The van der Waals surface area contributed by atoms with Gasteiger partial charge in [0.1, 0.15) is 6.61 Å². The van der Waals surface area contributed by atoms with E-state index in [0.29, 0.717) is 52.7 Å². The molecule has 1 heterocycles. The summed E-state index contributed by atoms with van der Waals surface area (Å²) in [4.78, 5) is 18.2. The summed E-state index contributed by atoms with van der Waals surface area (Å²) in [6, 6.07) is 15.6. The van der Waals surface area contributed by atoms with Gasteiger partial charge >= 0.3 is 0 Å². The molecule has 37 heavy (non-hydrogen) atoms. The van der Waals surface area contributed by atoms with Crippen LogP contribution < -0.4 is 9.47 Å². The molecule has 0 bridgehead atoms. The quantitative estimate of drug-likeness (QED) is 0.346. The minimum atomic E-state index is -0.530. The number of aliphatic imine (C=N–C) groups is 1. The lowest BCUT2D eigenvalue weighted by Gasteiger charge is -2.35. The lowest BCUT2D eigenvalue weighted by molar-refractivity contribution is -0.117. The summed E-state index contributed by atoms with van der Waals surface area (Å²) in [6.45, 7) is 6.65. The van der Waals surface area contributed by atoms with E-state index in [1.165, 1.54) is 0 Å². The molecule has 7 heteroatoms. The molecule has 4 rings (SSSR count). The van der Waals surface area contributed by atoms with Gasteiger partial charge in [-0.15, -0.1) is 0 Å². The van der Waals surface area contributed by atoms with Crippen molar-refractivity contribution in [1.82, 2.24) is 0 Å². The van der Waals surface area contributed by atoms with Gasteiger partial charge in [-0.05, 0) is 83.9 Å². The van der Waals surface area contributed by atoms with E-state index in [0.717, 1.165) is 41.8 Å². The van der Waals surface area contributed by atoms with Gasteiger partial charge in [0.2, 0.25) is 0 Å². The van der Waals surface area contributed by atoms with Crippen LogP contribution >= 0.6 is 15.9 Å². The van der Waals surface area contributed by atoms with Crippen molar-refractivity contribution in [3.05, 3.63) is 68.8 Å². The Labute approximate surface area is 226 Å². The molecule has 0 radical (unpaired) electrons. The maximum Gasteiger partial charge on any atom is 0.175 e. The van der Waals surface area contributed by atoms with E-state index in [-0.39, 0.29) is 5.78 Å². The van der Waals surface area contributed by atoms with Crippen LogP contribution in [0, 0.1) is 34.5 Å². The molecule has 0 saturated carbocycles. The number of ether oxygens (including phenoxy) is 2. The number of nitrogens with zero attached hydrogens (tertiary/aromatic N) is 3. The highest BCUT2D eigenvalue weighted by Crippen LogP contribution is 2.48. The number of nitriles is 2. The Hall–Kier alpha value is -3.42. The molecule has 2 aromatic carbocycles. The van der Waals surface area contributed by atoms with E-state index in [4.69, 9.17) is 19.7 Å². The SMILES string of the molecule is CCCC1CC(=O)C2=C(C1)N=C(C)C(C#N)C2c1cc(Br)c(OCc2ccc(C#N)cc2)c(OCC)c1. The number of ketones is 1. The summed E-state index contributed by atoms with van der Waals surface area (Å²) >= 11 is 3.66. The monoisotopic (exact) mass is 559 g/mol. The second-order valence-electron chi connectivity index (χ2n) is 9.54. The van der Waals surface area contributed by atoms with Crippen molar-refractivity contribution in [2.75, 3.05) is 6.61 Å². The van der Waals surface area contributed by atoms with Gasteiger partial charge in [-0.3, -0.25) is 9.79 Å². The van der Waals surface area contributed by atoms with Crippen LogP contribution in [0.2, 0.25) is 0 Å². The fourth-order valence-electron chi connectivity index (χ4n) is 5.28. The summed E-state index contributed by atoms with van der Waals surface area (Å²) in [5.74, 6) is 0.559. The Morgan fingerprint density at radius 2 is 1.86 bits per heavy atom. The number of benzene rings is 2. The molecular formula is C30H30BrN3O3. The number of rotatable bonds is 8. The predicted octanol–water partition coefficient (Wildman–Crippen LogP) is 7.03. The number of carbonyl (C=O) groups excluding carboxylic acids is 1. The maximum absolute atomic E-state index is 13.4. The summed E-state index contributed by atoms with van der Waals surface area (Å²) in [7, 11) is 0. The van der Waals surface area contributed by atoms with Gasteiger partial charge < -0.3 is 9.47 Å². The molecule has 2 aliphatic rings. The highest BCUT2D eigenvalue weighted by atomic mass is 79.9. The Kier molecular flexibility index (Phi) is 8.46. The van der Waals surface area contributed by atoms with Crippen molar-refractivity contribution in [3.63, 3.8) is 0 Å². The lowest BCUT2D eigenvalue weighted by Crippen LogP contribution is -2.32. The number of carbonyl (C=O) groups is 1. The van der Waals surface area contributed by atoms with Crippen LogP contribution in [0.25, 0.3) is 0 Å². The van der Waals surface area contributed by atoms with Crippen LogP contribution in [0.1, 0.15) is 69.1 Å². The molecule has 3 atom stereocenters. The van der Waals surface area contributed by atoms with Crippen LogP contribution in [0.5, 0.6) is 11.5 Å². The first-order valence-corrected chi connectivity index (χ1v) is 13.5. The van der Waals surface area contributed by atoms with E-state index >= 15 is 0 Å². The molecule has 1 aliphatic carbocycles. The first-order valence-electron chi connectivity index (χ1n) is 12.7. The Balaban J connectivity index is 1.71. The summed E-state index contributed by atoms with van der Waals surface area (Å²) in [5.41, 5.74) is 4.59. The second kappa shape index (κ2) is 11.8. The maximum atomic E-state index is 13.4. The predicted molar refractivity (Wildman–Crippen MR) is 145 cm³/mol. The fourth-order valence-corrected chi connectivity index (χ4v) is 5.85. The zero-order valence-corrected chi connectivity index (χ0v) is 23.0. The van der Waals surface area contributed by atoms with Gasteiger partial charge in [0.15, 0.2) is 17.3 Å². The van der Waals surface area contributed by atoms with Gasteiger partial charge in [-0.25, -0.2) is 0 Å². The van der Waals surface area contributed by atoms with Crippen molar-refractivity contribution in [1.29, 1.82) is 10.5 Å². The van der Waals surface area contributed by atoms with Crippen molar-refractivity contribution in [2.24, 2.45) is 16.8 Å². The molecule has 2 aromatic rings. The van der Waals surface area contributed by atoms with Gasteiger partial charge in [-0.1, -0.05) is 25.5 Å². The molecule has 1 aliphatic heterocycles. The molecule has 3 unspecified atom stereocenters. The van der Waals surface area contributed by atoms with Gasteiger partial charge in [0.05, 0.1) is 34.7 Å². The first-order chi connectivity index (χ1) is 17.9. The lowest BCUT2D eigenvalue weighted by atomic mass is 9.70. The van der Waals surface area contributed by atoms with E-state index in [1.54, 1.807) is 12.1 Å². The van der Waals surface area contributed by atoms with Gasteiger partial charge in [-0.2, -0.15) is 10.5 Å². The molecule has 0 aromatic heterocycles. The van der Waals surface area contributed by atoms with Crippen LogP contribution in [0.15, 0.2) is 57.1 Å². The van der Waals surface area contributed by atoms with Crippen molar-refractivity contribution in [3.8, 4) is 23.6 Å². The van der Waals surface area contributed by atoms with Crippen LogP contribution in [-0.2, 0) is 11.4 Å². The van der Waals surface area contributed by atoms with Crippen molar-refractivity contribution < 1.29 is 14.3 Å². The molecule has 0 fully saturated rings. The zero-order chi connectivity index (χ0) is 26.5. The molecule has 190 valence electrons. The number of hydrogen-bond donors (Lipinski definition) is 0. The van der Waals surface area contributed by atoms with Gasteiger partial charge in [0.25, 0.3) is 0 Å². The third kappa shape index (κ3) is 5.63. The van der Waals surface area contributed by atoms with E-state index < -0.39 is 11.8 Å². The molecule has 0 amide bonds. The van der Waals surface area contributed by atoms with Crippen LogP contribution in [-0.4, -0.2) is 18.1 Å².